The Kier molecular flexibility index (Phi) is 5.14. The number of nitrogens with two attached hydrogens (primary N) is 1. The Labute approximate surface area is 123 Å². The van der Waals surface area contributed by atoms with Crippen LogP contribution < -0.4 is 5.73 Å². The number of nitrogens with zero attached hydrogens (tertiary/aromatic N) is 1. The standard InChI is InChI=1S/C16H19BrN2/c1-19(11-13-7-9-15(17)10-8-13)12-16(18)14-5-3-2-4-6-14/h2-10,16H,11-12,18H2,1H3. The summed E-state index contributed by atoms with van der Waals surface area (Å²) in [7, 11) is 2.10. The molecule has 0 aliphatic carbocycles. The molecule has 0 spiro atoms. The van der Waals surface area contributed by atoms with Gasteiger partial charge < -0.3 is 10.6 Å². The van der Waals surface area contributed by atoms with Crippen molar-refractivity contribution in [2.24, 2.45) is 5.73 Å². The van der Waals surface area contributed by atoms with Crippen LogP contribution in [0.15, 0.2) is 59.1 Å². The van der Waals surface area contributed by atoms with Crippen LogP contribution in [0.5, 0.6) is 0 Å². The third kappa shape index (κ3) is 4.46. The lowest BCUT2D eigenvalue weighted by Crippen LogP contribution is -2.28. The van der Waals surface area contributed by atoms with E-state index < -0.39 is 0 Å². The van der Waals surface area contributed by atoms with Crippen molar-refractivity contribution in [3.8, 4) is 0 Å². The van der Waals surface area contributed by atoms with Crippen molar-refractivity contribution in [2.45, 2.75) is 12.6 Å². The molecule has 19 heavy (non-hydrogen) atoms. The number of hydrogen-bond acceptors (Lipinski definition) is 2. The normalized spacial score (nSPS) is 12.6. The van der Waals surface area contributed by atoms with Gasteiger partial charge in [-0.25, -0.2) is 0 Å². The monoisotopic (exact) mass is 318 g/mol. The maximum atomic E-state index is 6.22. The Morgan fingerprint density at radius 3 is 2.32 bits per heavy atom. The lowest BCUT2D eigenvalue weighted by Gasteiger charge is -2.21. The van der Waals surface area contributed by atoms with Crippen LogP contribution in [0.1, 0.15) is 17.2 Å². The molecule has 0 amide bonds. The number of halogens is 1. The summed E-state index contributed by atoms with van der Waals surface area (Å²) in [6.45, 7) is 1.76. The second-order valence-electron chi connectivity index (χ2n) is 4.84. The smallest absolute Gasteiger partial charge is 0.0424 e. The molecule has 1 unspecified atom stereocenters. The van der Waals surface area contributed by atoms with E-state index in [1.807, 2.05) is 18.2 Å². The van der Waals surface area contributed by atoms with E-state index in [0.29, 0.717) is 0 Å². The lowest BCUT2D eigenvalue weighted by molar-refractivity contribution is 0.305. The Balaban J connectivity index is 1.90. The summed E-state index contributed by atoms with van der Waals surface area (Å²) >= 11 is 3.45. The first kappa shape index (κ1) is 14.3. The molecule has 2 aromatic rings. The van der Waals surface area contributed by atoms with Gasteiger partial charge in [0.15, 0.2) is 0 Å². The van der Waals surface area contributed by atoms with Crippen LogP contribution in [0, 0.1) is 0 Å². The molecule has 0 saturated heterocycles. The SMILES string of the molecule is CN(Cc1ccc(Br)cc1)CC(N)c1ccccc1. The largest absolute Gasteiger partial charge is 0.323 e. The van der Waals surface area contributed by atoms with Crippen molar-refractivity contribution in [1.29, 1.82) is 0 Å². The summed E-state index contributed by atoms with van der Waals surface area (Å²) in [5.74, 6) is 0. The molecule has 2 nitrogen and oxygen atoms in total. The van der Waals surface area contributed by atoms with E-state index in [1.165, 1.54) is 11.1 Å². The van der Waals surface area contributed by atoms with E-state index >= 15 is 0 Å². The van der Waals surface area contributed by atoms with Crippen LogP contribution in [0.3, 0.4) is 0 Å². The van der Waals surface area contributed by atoms with Crippen LogP contribution in [-0.4, -0.2) is 18.5 Å². The van der Waals surface area contributed by atoms with Crippen molar-refractivity contribution in [3.05, 3.63) is 70.2 Å². The molecule has 0 saturated carbocycles. The molecule has 2 rings (SSSR count). The molecule has 0 aromatic heterocycles. The van der Waals surface area contributed by atoms with Crippen molar-refractivity contribution in [1.82, 2.24) is 4.90 Å². The minimum Gasteiger partial charge on any atom is -0.323 e. The first-order valence-electron chi connectivity index (χ1n) is 6.38. The van der Waals surface area contributed by atoms with Gasteiger partial charge in [-0.3, -0.25) is 0 Å². The van der Waals surface area contributed by atoms with Crippen molar-refractivity contribution in [3.63, 3.8) is 0 Å². The van der Waals surface area contributed by atoms with Gasteiger partial charge in [0.2, 0.25) is 0 Å². The maximum absolute atomic E-state index is 6.22. The van der Waals surface area contributed by atoms with Gasteiger partial charge in [0.25, 0.3) is 0 Å². The minimum absolute atomic E-state index is 0.0571. The predicted octanol–water partition coefficient (Wildman–Crippen LogP) is 3.58. The zero-order valence-electron chi connectivity index (χ0n) is 11.1. The highest BCUT2D eigenvalue weighted by atomic mass is 79.9. The van der Waals surface area contributed by atoms with E-state index in [1.54, 1.807) is 0 Å². The molecule has 0 radical (unpaired) electrons. The first-order chi connectivity index (χ1) is 9.15. The summed E-state index contributed by atoms with van der Waals surface area (Å²) in [6.07, 6.45) is 0. The zero-order valence-corrected chi connectivity index (χ0v) is 12.7. The Morgan fingerprint density at radius 2 is 1.68 bits per heavy atom. The van der Waals surface area contributed by atoms with E-state index in [9.17, 15) is 0 Å². The van der Waals surface area contributed by atoms with E-state index in [2.05, 4.69) is 64.3 Å². The average molecular weight is 319 g/mol. The molecular weight excluding hydrogens is 300 g/mol. The molecular formula is C16H19BrN2. The van der Waals surface area contributed by atoms with Crippen LogP contribution >= 0.6 is 15.9 Å². The summed E-state index contributed by atoms with van der Waals surface area (Å²) in [5.41, 5.74) is 8.71. The van der Waals surface area contributed by atoms with Crippen molar-refractivity contribution >= 4 is 15.9 Å². The second kappa shape index (κ2) is 6.85. The topological polar surface area (TPSA) is 29.3 Å². The first-order valence-corrected chi connectivity index (χ1v) is 7.18. The van der Waals surface area contributed by atoms with Gasteiger partial charge in [0.1, 0.15) is 0 Å². The average Bonchev–Trinajstić information content (AvgIpc) is 2.42. The number of benzene rings is 2. The van der Waals surface area contributed by atoms with Crippen molar-refractivity contribution in [2.75, 3.05) is 13.6 Å². The molecule has 0 aliphatic rings. The highest BCUT2D eigenvalue weighted by Gasteiger charge is 2.09. The van der Waals surface area contributed by atoms with Gasteiger partial charge in [0.05, 0.1) is 0 Å². The number of hydrogen-bond donors (Lipinski definition) is 1. The van der Waals surface area contributed by atoms with Gasteiger partial charge in [-0.1, -0.05) is 58.4 Å². The number of rotatable bonds is 5. The van der Waals surface area contributed by atoms with E-state index in [-0.39, 0.29) is 6.04 Å². The molecule has 1 atom stereocenters. The predicted molar refractivity (Wildman–Crippen MR) is 83.8 cm³/mol. The zero-order chi connectivity index (χ0) is 13.7. The van der Waals surface area contributed by atoms with Crippen LogP contribution in [0.2, 0.25) is 0 Å². The van der Waals surface area contributed by atoms with Gasteiger partial charge in [-0.05, 0) is 30.3 Å². The highest BCUT2D eigenvalue weighted by molar-refractivity contribution is 9.10. The van der Waals surface area contributed by atoms with Gasteiger partial charge >= 0.3 is 0 Å². The van der Waals surface area contributed by atoms with Crippen LogP contribution in [-0.2, 0) is 6.54 Å². The summed E-state index contributed by atoms with van der Waals surface area (Å²) in [5, 5.41) is 0. The lowest BCUT2D eigenvalue weighted by atomic mass is 10.1. The third-order valence-electron chi connectivity index (χ3n) is 3.10. The molecule has 2 aromatic carbocycles. The molecule has 0 heterocycles. The Morgan fingerprint density at radius 1 is 1.05 bits per heavy atom. The molecule has 0 aliphatic heterocycles. The molecule has 0 bridgehead atoms. The molecule has 0 fully saturated rings. The summed E-state index contributed by atoms with van der Waals surface area (Å²) < 4.78 is 1.11. The fourth-order valence-electron chi connectivity index (χ4n) is 2.11. The molecule has 3 heteroatoms. The quantitative estimate of drug-likeness (QED) is 0.913. The Bertz CT molecular complexity index is 496. The number of likely N-dealkylation sites (N-methyl/N-ethyl adjacent to an activating group) is 1. The highest BCUT2D eigenvalue weighted by Crippen LogP contribution is 2.14. The fraction of sp³-hybridized carbons (Fsp3) is 0.250. The van der Waals surface area contributed by atoms with Crippen LogP contribution in [0.4, 0.5) is 0 Å². The summed E-state index contributed by atoms with van der Waals surface area (Å²) in [6, 6.07) is 18.7. The van der Waals surface area contributed by atoms with E-state index in [4.69, 9.17) is 5.73 Å². The van der Waals surface area contributed by atoms with E-state index in [0.717, 1.165) is 17.6 Å². The summed E-state index contributed by atoms with van der Waals surface area (Å²) in [4.78, 5) is 2.25. The Hall–Kier alpha value is -1.16. The third-order valence-corrected chi connectivity index (χ3v) is 3.63. The second-order valence-corrected chi connectivity index (χ2v) is 5.76. The minimum atomic E-state index is 0.0571. The molecule has 2 N–H and O–H groups in total. The maximum Gasteiger partial charge on any atom is 0.0424 e. The van der Waals surface area contributed by atoms with Crippen LogP contribution in [0.25, 0.3) is 0 Å². The van der Waals surface area contributed by atoms with Gasteiger partial charge in [-0.15, -0.1) is 0 Å². The molecule has 100 valence electrons. The van der Waals surface area contributed by atoms with Gasteiger partial charge in [-0.2, -0.15) is 0 Å². The van der Waals surface area contributed by atoms with Gasteiger partial charge in [0, 0.05) is 23.6 Å². The fourth-order valence-corrected chi connectivity index (χ4v) is 2.37. The van der Waals surface area contributed by atoms with Crippen molar-refractivity contribution < 1.29 is 0 Å².